The van der Waals surface area contributed by atoms with Crippen molar-refractivity contribution in [3.63, 3.8) is 0 Å². The lowest BCUT2D eigenvalue weighted by Crippen LogP contribution is -2.41. The summed E-state index contributed by atoms with van der Waals surface area (Å²) in [6.45, 7) is 3.57. The number of carbonyl (C=O) groups is 3. The first kappa shape index (κ1) is 19.6. The summed E-state index contributed by atoms with van der Waals surface area (Å²) in [6.07, 6.45) is 1.88. The number of ketones is 1. The third-order valence-corrected chi connectivity index (χ3v) is 4.28. The molecule has 2 aromatic carbocycles. The van der Waals surface area contributed by atoms with Crippen molar-refractivity contribution in [1.29, 1.82) is 0 Å². The highest BCUT2D eigenvalue weighted by Crippen LogP contribution is 2.22. The van der Waals surface area contributed by atoms with Crippen LogP contribution in [0.25, 0.3) is 0 Å². The summed E-state index contributed by atoms with van der Waals surface area (Å²) >= 11 is 0. The van der Waals surface area contributed by atoms with Crippen LogP contribution >= 0.6 is 0 Å². The Morgan fingerprint density at radius 2 is 1.50 bits per heavy atom. The molecule has 0 aliphatic rings. The molecule has 136 valence electrons. The SMILES string of the molecule is CCCCC(=O)N(Cc1ccccc1)C(=O)C(C(C)=O)c1ccccc1. The molecule has 0 bridgehead atoms. The molecule has 2 amide bonds. The Bertz CT molecular complexity index is 740. The van der Waals surface area contributed by atoms with E-state index in [9.17, 15) is 14.4 Å². The van der Waals surface area contributed by atoms with E-state index in [0.717, 1.165) is 12.0 Å². The molecular weight excluding hydrogens is 326 g/mol. The van der Waals surface area contributed by atoms with Crippen molar-refractivity contribution < 1.29 is 14.4 Å². The summed E-state index contributed by atoms with van der Waals surface area (Å²) in [4.78, 5) is 39.3. The monoisotopic (exact) mass is 351 g/mol. The molecule has 0 N–H and O–H groups in total. The van der Waals surface area contributed by atoms with Gasteiger partial charge in [0.1, 0.15) is 11.7 Å². The molecule has 0 heterocycles. The zero-order valence-corrected chi connectivity index (χ0v) is 15.4. The molecule has 26 heavy (non-hydrogen) atoms. The van der Waals surface area contributed by atoms with Crippen LogP contribution in [0.1, 0.15) is 50.2 Å². The Hall–Kier alpha value is -2.75. The number of nitrogens with zero attached hydrogens (tertiary/aromatic N) is 1. The highest BCUT2D eigenvalue weighted by Gasteiger charge is 2.32. The normalized spacial score (nSPS) is 11.6. The van der Waals surface area contributed by atoms with E-state index in [1.165, 1.54) is 11.8 Å². The number of Topliss-reactive ketones (excluding diaryl/α,β-unsaturated/α-hetero) is 1. The van der Waals surface area contributed by atoms with Gasteiger partial charge in [0, 0.05) is 6.42 Å². The first-order valence-electron chi connectivity index (χ1n) is 8.98. The van der Waals surface area contributed by atoms with Crippen LogP contribution in [0.3, 0.4) is 0 Å². The van der Waals surface area contributed by atoms with Gasteiger partial charge in [0.05, 0.1) is 6.54 Å². The predicted molar refractivity (Wildman–Crippen MR) is 101 cm³/mol. The maximum atomic E-state index is 13.2. The second kappa shape index (κ2) is 9.66. The molecule has 0 aromatic heterocycles. The summed E-state index contributed by atoms with van der Waals surface area (Å²) < 4.78 is 0. The summed E-state index contributed by atoms with van der Waals surface area (Å²) in [6, 6.07) is 18.3. The van der Waals surface area contributed by atoms with Crippen molar-refractivity contribution in [2.24, 2.45) is 0 Å². The summed E-state index contributed by atoms with van der Waals surface area (Å²) in [5.41, 5.74) is 1.48. The van der Waals surface area contributed by atoms with Gasteiger partial charge in [-0.15, -0.1) is 0 Å². The molecule has 0 saturated carbocycles. The van der Waals surface area contributed by atoms with Gasteiger partial charge in [-0.3, -0.25) is 19.3 Å². The van der Waals surface area contributed by atoms with Crippen LogP contribution in [0.5, 0.6) is 0 Å². The van der Waals surface area contributed by atoms with Crippen molar-refractivity contribution in [3.05, 3.63) is 71.8 Å². The van der Waals surface area contributed by atoms with Gasteiger partial charge in [0.15, 0.2) is 0 Å². The fraction of sp³-hybridized carbons (Fsp3) is 0.318. The molecule has 1 atom stereocenters. The van der Waals surface area contributed by atoms with E-state index < -0.39 is 11.8 Å². The fourth-order valence-electron chi connectivity index (χ4n) is 2.87. The third-order valence-electron chi connectivity index (χ3n) is 4.28. The van der Waals surface area contributed by atoms with Gasteiger partial charge in [-0.05, 0) is 24.5 Å². The number of carbonyl (C=O) groups excluding carboxylic acids is 3. The minimum absolute atomic E-state index is 0.179. The molecule has 2 aromatic rings. The summed E-state index contributed by atoms with van der Waals surface area (Å²) in [5.74, 6) is -1.90. The quantitative estimate of drug-likeness (QED) is 0.673. The Kier molecular flexibility index (Phi) is 7.27. The lowest BCUT2D eigenvalue weighted by molar-refractivity contribution is -0.147. The highest BCUT2D eigenvalue weighted by atomic mass is 16.2. The largest absolute Gasteiger partial charge is 0.299 e. The van der Waals surface area contributed by atoms with Gasteiger partial charge in [-0.1, -0.05) is 74.0 Å². The molecule has 0 saturated heterocycles. The molecule has 4 nitrogen and oxygen atoms in total. The number of benzene rings is 2. The van der Waals surface area contributed by atoms with E-state index in [2.05, 4.69) is 0 Å². The topological polar surface area (TPSA) is 54.5 Å². The van der Waals surface area contributed by atoms with Gasteiger partial charge in [-0.25, -0.2) is 0 Å². The second-order valence-corrected chi connectivity index (χ2v) is 6.36. The van der Waals surface area contributed by atoms with Crippen LogP contribution in [-0.2, 0) is 20.9 Å². The van der Waals surface area contributed by atoms with Crippen LogP contribution in [-0.4, -0.2) is 22.5 Å². The average Bonchev–Trinajstić information content (AvgIpc) is 2.65. The minimum Gasteiger partial charge on any atom is -0.299 e. The van der Waals surface area contributed by atoms with Crippen LogP contribution in [0, 0.1) is 0 Å². The van der Waals surface area contributed by atoms with Gasteiger partial charge in [-0.2, -0.15) is 0 Å². The lowest BCUT2D eigenvalue weighted by atomic mass is 9.93. The zero-order valence-electron chi connectivity index (χ0n) is 15.4. The average molecular weight is 351 g/mol. The molecule has 1 unspecified atom stereocenters. The first-order chi connectivity index (χ1) is 12.5. The standard InChI is InChI=1S/C22H25NO3/c1-3-4-15-20(25)23(16-18-11-7-5-8-12-18)22(26)21(17(2)24)19-13-9-6-10-14-19/h5-14,21H,3-4,15-16H2,1-2H3. The van der Waals surface area contributed by atoms with Gasteiger partial charge < -0.3 is 0 Å². The molecular formula is C22H25NO3. The van der Waals surface area contributed by atoms with E-state index in [-0.39, 0.29) is 18.2 Å². The predicted octanol–water partition coefficient (Wildman–Crippen LogP) is 4.10. The zero-order chi connectivity index (χ0) is 18.9. The highest BCUT2D eigenvalue weighted by molar-refractivity contribution is 6.10. The van der Waals surface area contributed by atoms with Crippen molar-refractivity contribution >= 4 is 17.6 Å². The maximum absolute atomic E-state index is 13.2. The van der Waals surface area contributed by atoms with E-state index in [1.807, 2.05) is 43.3 Å². The smallest absolute Gasteiger partial charge is 0.244 e. The van der Waals surface area contributed by atoms with Gasteiger partial charge in [0.25, 0.3) is 0 Å². The van der Waals surface area contributed by atoms with Crippen molar-refractivity contribution in [2.45, 2.75) is 45.6 Å². The van der Waals surface area contributed by atoms with Crippen molar-refractivity contribution in [1.82, 2.24) is 4.90 Å². The number of amides is 2. The third kappa shape index (κ3) is 5.12. The second-order valence-electron chi connectivity index (χ2n) is 6.36. The summed E-state index contributed by atoms with van der Waals surface area (Å²) in [5, 5.41) is 0. The number of rotatable bonds is 8. The van der Waals surface area contributed by atoms with Crippen molar-refractivity contribution in [2.75, 3.05) is 0 Å². The molecule has 0 aliphatic heterocycles. The van der Waals surface area contributed by atoms with E-state index in [4.69, 9.17) is 0 Å². The first-order valence-corrected chi connectivity index (χ1v) is 8.98. The van der Waals surface area contributed by atoms with E-state index in [1.54, 1.807) is 24.3 Å². The Morgan fingerprint density at radius 3 is 2.04 bits per heavy atom. The van der Waals surface area contributed by atoms with Crippen LogP contribution < -0.4 is 0 Å². The molecule has 0 radical (unpaired) electrons. The van der Waals surface area contributed by atoms with Crippen LogP contribution in [0.4, 0.5) is 0 Å². The molecule has 4 heteroatoms. The molecule has 0 spiro atoms. The lowest BCUT2D eigenvalue weighted by Gasteiger charge is -2.25. The molecule has 0 aliphatic carbocycles. The van der Waals surface area contributed by atoms with E-state index >= 15 is 0 Å². The minimum atomic E-state index is -0.953. The molecule has 2 rings (SSSR count). The summed E-state index contributed by atoms with van der Waals surface area (Å²) in [7, 11) is 0. The van der Waals surface area contributed by atoms with Crippen molar-refractivity contribution in [3.8, 4) is 0 Å². The maximum Gasteiger partial charge on any atom is 0.244 e. The number of unbranched alkanes of at least 4 members (excludes halogenated alkanes) is 1. The number of hydrogen-bond acceptors (Lipinski definition) is 3. The Balaban J connectivity index is 2.33. The Labute approximate surface area is 154 Å². The number of hydrogen-bond donors (Lipinski definition) is 0. The fourth-order valence-corrected chi connectivity index (χ4v) is 2.87. The molecule has 0 fully saturated rings. The number of imide groups is 1. The Morgan fingerprint density at radius 1 is 0.923 bits per heavy atom. The van der Waals surface area contributed by atoms with Gasteiger partial charge in [0.2, 0.25) is 11.8 Å². The van der Waals surface area contributed by atoms with E-state index in [0.29, 0.717) is 18.4 Å². The van der Waals surface area contributed by atoms with Gasteiger partial charge >= 0.3 is 0 Å². The van der Waals surface area contributed by atoms with Crippen LogP contribution in [0.2, 0.25) is 0 Å². The van der Waals surface area contributed by atoms with Crippen LogP contribution in [0.15, 0.2) is 60.7 Å².